The summed E-state index contributed by atoms with van der Waals surface area (Å²) < 4.78 is 26.9. The average molecular weight is 468 g/mol. The molecule has 9 heteroatoms. The number of aromatic nitrogens is 2. The molecular weight excluding hydrogens is 437 g/mol. The minimum atomic E-state index is -1.40. The molecule has 1 aliphatic heterocycles. The number of carbonyl (C=O) groups excluding carboxylic acids is 1. The number of nitrogens with one attached hydrogen (secondary N) is 3. The second kappa shape index (κ2) is 10.2. The molecule has 2 amide bonds. The fourth-order valence-electron chi connectivity index (χ4n) is 3.71. The number of benzene rings is 2. The van der Waals surface area contributed by atoms with E-state index < -0.39 is 5.67 Å². The van der Waals surface area contributed by atoms with Gasteiger partial charge in [0, 0.05) is 26.7 Å². The molecule has 3 N–H and O–H groups in total. The average Bonchev–Trinajstić information content (AvgIpc) is 3.12. The second-order valence-corrected chi connectivity index (χ2v) is 8.57. The summed E-state index contributed by atoms with van der Waals surface area (Å²) in [6.07, 6.45) is 0. The Morgan fingerprint density at radius 1 is 1.21 bits per heavy atom. The summed E-state index contributed by atoms with van der Waals surface area (Å²) in [5, 5.41) is 13.2. The minimum absolute atomic E-state index is 0.102. The van der Waals surface area contributed by atoms with Gasteiger partial charge in [-0.1, -0.05) is 36.4 Å². The van der Waals surface area contributed by atoms with Crippen LogP contribution in [0, 0.1) is 13.8 Å². The highest BCUT2D eigenvalue weighted by Gasteiger charge is 2.38. The number of carbonyl (C=O) groups is 1. The molecule has 0 atom stereocenters. The lowest BCUT2D eigenvalue weighted by atomic mass is 10.0. The van der Waals surface area contributed by atoms with E-state index in [0.717, 1.165) is 22.4 Å². The number of para-hydroxylation sites is 1. The number of urea groups is 1. The van der Waals surface area contributed by atoms with Gasteiger partial charge in [-0.15, -0.1) is 5.10 Å². The molecule has 0 aliphatic carbocycles. The molecule has 1 aromatic heterocycles. The zero-order chi connectivity index (χ0) is 24.1. The number of methoxy groups -OCH3 is 1. The standard InChI is InChI=1S/C25H30FN5O3/c1-17-9-10-19(13-33-3)11-20(17)12-28-24(32)29-22-18(2)23(34-16-25(26)14-27-15-25)30-31(22)21-7-5-4-6-8-21/h4-11,27H,12-16H2,1-3H3,(H2,28,29,32). The van der Waals surface area contributed by atoms with Crippen molar-refractivity contribution in [1.82, 2.24) is 20.4 Å². The Kier molecular flexibility index (Phi) is 7.14. The summed E-state index contributed by atoms with van der Waals surface area (Å²) in [7, 11) is 1.65. The minimum Gasteiger partial charge on any atom is -0.473 e. The van der Waals surface area contributed by atoms with Crippen LogP contribution in [0.1, 0.15) is 22.3 Å². The van der Waals surface area contributed by atoms with E-state index in [1.807, 2.05) is 55.5 Å². The Morgan fingerprint density at radius 2 is 1.97 bits per heavy atom. The van der Waals surface area contributed by atoms with Crippen molar-refractivity contribution in [3.63, 3.8) is 0 Å². The van der Waals surface area contributed by atoms with Gasteiger partial charge >= 0.3 is 6.03 Å². The third kappa shape index (κ3) is 5.37. The predicted molar refractivity (Wildman–Crippen MR) is 128 cm³/mol. The number of anilines is 1. The molecule has 1 fully saturated rings. The van der Waals surface area contributed by atoms with Gasteiger partial charge in [0.25, 0.3) is 0 Å². The number of rotatable bonds is 9. The third-order valence-electron chi connectivity index (χ3n) is 5.83. The summed E-state index contributed by atoms with van der Waals surface area (Å²) in [6.45, 7) is 5.06. The van der Waals surface area contributed by atoms with Crippen LogP contribution in [0.4, 0.5) is 15.0 Å². The largest absolute Gasteiger partial charge is 0.473 e. The Hall–Kier alpha value is -3.43. The number of ether oxygens (including phenoxy) is 2. The Morgan fingerprint density at radius 3 is 2.65 bits per heavy atom. The van der Waals surface area contributed by atoms with Crippen LogP contribution in [0.25, 0.3) is 5.69 Å². The highest BCUT2D eigenvalue weighted by Crippen LogP contribution is 2.29. The van der Waals surface area contributed by atoms with E-state index in [1.165, 1.54) is 0 Å². The lowest BCUT2D eigenvalue weighted by Gasteiger charge is -2.34. The van der Waals surface area contributed by atoms with Crippen LogP contribution in [0.3, 0.4) is 0 Å². The number of nitrogens with zero attached hydrogens (tertiary/aromatic N) is 2. The zero-order valence-electron chi connectivity index (χ0n) is 19.7. The van der Waals surface area contributed by atoms with Gasteiger partial charge in [-0.3, -0.25) is 5.32 Å². The third-order valence-corrected chi connectivity index (χ3v) is 5.83. The monoisotopic (exact) mass is 467 g/mol. The van der Waals surface area contributed by atoms with E-state index in [9.17, 15) is 9.18 Å². The maximum absolute atomic E-state index is 14.4. The molecular formula is C25H30FN5O3. The van der Waals surface area contributed by atoms with Crippen LogP contribution in [-0.2, 0) is 17.9 Å². The first-order chi connectivity index (χ1) is 16.4. The van der Waals surface area contributed by atoms with Gasteiger partial charge in [-0.05, 0) is 42.7 Å². The summed E-state index contributed by atoms with van der Waals surface area (Å²) in [4.78, 5) is 12.8. The van der Waals surface area contributed by atoms with Crippen LogP contribution >= 0.6 is 0 Å². The summed E-state index contributed by atoms with van der Waals surface area (Å²) >= 11 is 0. The van der Waals surface area contributed by atoms with E-state index >= 15 is 0 Å². The maximum Gasteiger partial charge on any atom is 0.320 e. The van der Waals surface area contributed by atoms with Crippen LogP contribution in [-0.4, -0.2) is 48.3 Å². The van der Waals surface area contributed by atoms with Gasteiger partial charge in [0.1, 0.15) is 12.4 Å². The molecule has 1 aliphatic rings. The lowest BCUT2D eigenvalue weighted by Crippen LogP contribution is -2.59. The molecule has 2 heterocycles. The Bertz CT molecular complexity index is 1140. The predicted octanol–water partition coefficient (Wildman–Crippen LogP) is 3.65. The van der Waals surface area contributed by atoms with Gasteiger partial charge < -0.3 is 20.1 Å². The van der Waals surface area contributed by atoms with Crippen LogP contribution in [0.2, 0.25) is 0 Å². The highest BCUT2D eigenvalue weighted by atomic mass is 19.1. The van der Waals surface area contributed by atoms with Crippen molar-refractivity contribution in [2.75, 3.05) is 32.1 Å². The number of hydrogen-bond donors (Lipinski definition) is 3. The van der Waals surface area contributed by atoms with Crippen LogP contribution in [0.15, 0.2) is 48.5 Å². The quantitative estimate of drug-likeness (QED) is 0.447. The molecule has 0 bridgehead atoms. The summed E-state index contributed by atoms with van der Waals surface area (Å²) in [6, 6.07) is 15.1. The van der Waals surface area contributed by atoms with Gasteiger partial charge in [0.05, 0.1) is 17.9 Å². The molecule has 0 unspecified atom stereocenters. The van der Waals surface area contributed by atoms with Gasteiger partial charge in [-0.2, -0.15) is 0 Å². The molecule has 0 radical (unpaired) electrons. The van der Waals surface area contributed by atoms with Crippen molar-refractivity contribution in [3.05, 3.63) is 70.8 Å². The molecule has 1 saturated heterocycles. The van der Waals surface area contributed by atoms with Crippen LogP contribution in [0.5, 0.6) is 5.88 Å². The number of halogens is 1. The van der Waals surface area contributed by atoms with E-state index in [-0.39, 0.29) is 31.6 Å². The van der Waals surface area contributed by atoms with E-state index in [2.05, 4.69) is 21.0 Å². The first-order valence-corrected chi connectivity index (χ1v) is 11.2. The van der Waals surface area contributed by atoms with Crippen molar-refractivity contribution in [2.24, 2.45) is 0 Å². The fourth-order valence-corrected chi connectivity index (χ4v) is 3.71. The molecule has 0 spiro atoms. The van der Waals surface area contributed by atoms with Crippen molar-refractivity contribution in [3.8, 4) is 11.6 Å². The van der Waals surface area contributed by atoms with Gasteiger partial charge in [0.15, 0.2) is 5.67 Å². The van der Waals surface area contributed by atoms with Crippen molar-refractivity contribution >= 4 is 11.8 Å². The normalized spacial score (nSPS) is 14.4. The summed E-state index contributed by atoms with van der Waals surface area (Å²) in [5.41, 5.74) is 3.09. The van der Waals surface area contributed by atoms with E-state index in [4.69, 9.17) is 9.47 Å². The highest BCUT2D eigenvalue weighted by molar-refractivity contribution is 5.89. The number of aryl methyl sites for hydroxylation is 1. The van der Waals surface area contributed by atoms with Gasteiger partial charge in [-0.25, -0.2) is 13.9 Å². The zero-order valence-corrected chi connectivity index (χ0v) is 19.7. The topological polar surface area (TPSA) is 89.4 Å². The van der Waals surface area contributed by atoms with Crippen molar-refractivity contribution in [2.45, 2.75) is 32.7 Å². The Labute approximate surface area is 198 Å². The number of amides is 2. The fraction of sp³-hybridized carbons (Fsp3) is 0.360. The molecule has 2 aromatic carbocycles. The molecule has 180 valence electrons. The first-order valence-electron chi connectivity index (χ1n) is 11.2. The molecule has 8 nitrogen and oxygen atoms in total. The van der Waals surface area contributed by atoms with Crippen LogP contribution < -0.4 is 20.7 Å². The molecule has 34 heavy (non-hydrogen) atoms. The molecule has 4 rings (SSSR count). The second-order valence-electron chi connectivity index (χ2n) is 8.57. The van der Waals surface area contributed by atoms with Crippen molar-refractivity contribution in [1.29, 1.82) is 0 Å². The van der Waals surface area contributed by atoms with E-state index in [1.54, 1.807) is 18.7 Å². The lowest BCUT2D eigenvalue weighted by molar-refractivity contribution is 0.0325. The SMILES string of the molecule is COCc1ccc(C)c(CNC(=O)Nc2c(C)c(OCC3(F)CNC3)nn2-c2ccccc2)c1. The molecule has 0 saturated carbocycles. The Balaban J connectivity index is 1.50. The van der Waals surface area contributed by atoms with Gasteiger partial charge in [0.2, 0.25) is 5.88 Å². The molecule has 3 aromatic rings. The smallest absolute Gasteiger partial charge is 0.320 e. The maximum atomic E-state index is 14.4. The van der Waals surface area contributed by atoms with Crippen molar-refractivity contribution < 1.29 is 18.7 Å². The number of alkyl halides is 1. The number of hydrogen-bond acceptors (Lipinski definition) is 5. The summed E-state index contributed by atoms with van der Waals surface area (Å²) in [5.74, 6) is 0.745. The van der Waals surface area contributed by atoms with E-state index in [0.29, 0.717) is 24.5 Å². The first kappa shape index (κ1) is 23.7.